The molecule has 0 amide bonds. The zero-order valence-corrected chi connectivity index (χ0v) is 8.04. The first-order valence-electron chi connectivity index (χ1n) is 3.56. The van der Waals surface area contributed by atoms with Crippen molar-refractivity contribution in [3.63, 3.8) is 0 Å². The van der Waals surface area contributed by atoms with E-state index in [1.54, 1.807) is 0 Å². The normalized spacial score (nSPS) is 10.8. The van der Waals surface area contributed by atoms with Gasteiger partial charge in [0.2, 0.25) is 0 Å². The molecule has 2 aromatic rings. The van der Waals surface area contributed by atoms with Gasteiger partial charge >= 0.3 is 0 Å². The predicted octanol–water partition coefficient (Wildman–Crippen LogP) is 3.57. The first-order valence-corrected chi connectivity index (χ1v) is 4.75. The van der Waals surface area contributed by atoms with Crippen LogP contribution < -0.4 is 0 Å². The molecule has 3 heteroatoms. The Kier molecular flexibility index (Phi) is 1.74. The SMILES string of the molecule is Cc1ccc2cc(Cl)sc2c1O. The maximum Gasteiger partial charge on any atom is 0.136 e. The second-order valence-electron chi connectivity index (χ2n) is 2.70. The fourth-order valence-electron chi connectivity index (χ4n) is 1.16. The van der Waals surface area contributed by atoms with Crippen LogP contribution in [-0.2, 0) is 0 Å². The van der Waals surface area contributed by atoms with E-state index >= 15 is 0 Å². The zero-order valence-electron chi connectivity index (χ0n) is 6.47. The molecule has 0 aliphatic heterocycles. The van der Waals surface area contributed by atoms with Crippen LogP contribution in [0.2, 0.25) is 4.34 Å². The Balaban J connectivity index is 2.89. The van der Waals surface area contributed by atoms with E-state index in [0.717, 1.165) is 15.6 Å². The highest BCUT2D eigenvalue weighted by Gasteiger charge is 2.05. The molecule has 62 valence electrons. The molecule has 0 fully saturated rings. The van der Waals surface area contributed by atoms with Crippen LogP contribution in [0.3, 0.4) is 0 Å². The largest absolute Gasteiger partial charge is 0.506 e. The van der Waals surface area contributed by atoms with E-state index < -0.39 is 0 Å². The molecule has 0 unspecified atom stereocenters. The van der Waals surface area contributed by atoms with Crippen molar-refractivity contribution >= 4 is 33.0 Å². The highest BCUT2D eigenvalue weighted by molar-refractivity contribution is 7.23. The third kappa shape index (κ3) is 1.08. The van der Waals surface area contributed by atoms with Gasteiger partial charge in [0.15, 0.2) is 0 Å². The van der Waals surface area contributed by atoms with Crippen molar-refractivity contribution in [2.24, 2.45) is 0 Å². The number of halogens is 1. The molecule has 1 heterocycles. The summed E-state index contributed by atoms with van der Waals surface area (Å²) < 4.78 is 1.59. The van der Waals surface area contributed by atoms with Gasteiger partial charge in [0, 0.05) is 0 Å². The third-order valence-electron chi connectivity index (χ3n) is 1.83. The number of hydrogen-bond donors (Lipinski definition) is 1. The molecule has 1 nitrogen and oxygen atoms in total. The smallest absolute Gasteiger partial charge is 0.136 e. The van der Waals surface area contributed by atoms with Crippen LogP contribution >= 0.6 is 22.9 Å². The van der Waals surface area contributed by atoms with Gasteiger partial charge in [-0.25, -0.2) is 0 Å². The fraction of sp³-hybridized carbons (Fsp3) is 0.111. The second-order valence-corrected chi connectivity index (χ2v) is 4.38. The molecule has 1 aromatic carbocycles. The van der Waals surface area contributed by atoms with Crippen LogP contribution in [0.5, 0.6) is 5.75 Å². The van der Waals surface area contributed by atoms with Crippen molar-refractivity contribution in [1.29, 1.82) is 0 Å². The zero-order chi connectivity index (χ0) is 8.72. The number of hydrogen-bond acceptors (Lipinski definition) is 2. The molecule has 1 aromatic heterocycles. The summed E-state index contributed by atoms with van der Waals surface area (Å²) in [6, 6.07) is 5.72. The summed E-state index contributed by atoms with van der Waals surface area (Å²) in [7, 11) is 0. The Morgan fingerprint density at radius 3 is 2.92 bits per heavy atom. The lowest BCUT2D eigenvalue weighted by atomic mass is 10.2. The quantitative estimate of drug-likeness (QED) is 0.686. The molecular formula is C9H7ClOS. The van der Waals surface area contributed by atoms with Gasteiger partial charge in [-0.3, -0.25) is 0 Å². The molecule has 2 rings (SSSR count). The van der Waals surface area contributed by atoms with Crippen molar-refractivity contribution in [3.8, 4) is 5.75 Å². The molecular weight excluding hydrogens is 192 g/mol. The minimum atomic E-state index is 0.351. The van der Waals surface area contributed by atoms with Gasteiger partial charge < -0.3 is 5.11 Å². The lowest BCUT2D eigenvalue weighted by Gasteiger charge is -1.97. The summed E-state index contributed by atoms with van der Waals surface area (Å²) in [6.07, 6.45) is 0. The van der Waals surface area contributed by atoms with Crippen molar-refractivity contribution < 1.29 is 5.11 Å². The van der Waals surface area contributed by atoms with Gasteiger partial charge in [0.1, 0.15) is 5.75 Å². The van der Waals surface area contributed by atoms with E-state index in [4.69, 9.17) is 11.6 Å². The molecule has 0 bridgehead atoms. The Morgan fingerprint density at radius 2 is 2.17 bits per heavy atom. The summed E-state index contributed by atoms with van der Waals surface area (Å²) in [5, 5.41) is 10.6. The van der Waals surface area contributed by atoms with Crippen LogP contribution in [0.1, 0.15) is 5.56 Å². The second kappa shape index (κ2) is 2.64. The third-order valence-corrected chi connectivity index (χ3v) is 3.12. The Labute approximate surface area is 79.2 Å². The number of aryl methyl sites for hydroxylation is 1. The van der Waals surface area contributed by atoms with E-state index in [2.05, 4.69) is 0 Å². The van der Waals surface area contributed by atoms with Crippen molar-refractivity contribution in [2.45, 2.75) is 6.92 Å². The molecule has 0 saturated carbocycles. The van der Waals surface area contributed by atoms with Crippen LogP contribution in [0.25, 0.3) is 10.1 Å². The topological polar surface area (TPSA) is 20.2 Å². The molecule has 0 radical (unpaired) electrons. The molecule has 0 aliphatic carbocycles. The number of phenolic OH excluding ortho intramolecular Hbond substituents is 1. The van der Waals surface area contributed by atoms with Crippen LogP contribution in [0, 0.1) is 6.92 Å². The summed E-state index contributed by atoms with van der Waals surface area (Å²) >= 11 is 7.22. The van der Waals surface area contributed by atoms with Crippen molar-refractivity contribution in [2.75, 3.05) is 0 Å². The predicted molar refractivity (Wildman–Crippen MR) is 53.2 cm³/mol. The van der Waals surface area contributed by atoms with Crippen LogP contribution in [0.15, 0.2) is 18.2 Å². The summed E-state index contributed by atoms with van der Waals surface area (Å²) in [5.41, 5.74) is 0.890. The molecule has 0 saturated heterocycles. The fourth-order valence-corrected chi connectivity index (χ4v) is 2.39. The molecule has 0 atom stereocenters. The minimum Gasteiger partial charge on any atom is -0.506 e. The highest BCUT2D eigenvalue weighted by Crippen LogP contribution is 2.37. The molecule has 1 N–H and O–H groups in total. The average Bonchev–Trinajstić information content (AvgIpc) is 2.39. The number of benzene rings is 1. The van der Waals surface area contributed by atoms with Crippen LogP contribution in [-0.4, -0.2) is 5.11 Å². The van der Waals surface area contributed by atoms with E-state index in [0.29, 0.717) is 10.1 Å². The first-order chi connectivity index (χ1) is 5.68. The number of fused-ring (bicyclic) bond motifs is 1. The van der Waals surface area contributed by atoms with Gasteiger partial charge in [-0.05, 0) is 23.9 Å². The first kappa shape index (κ1) is 7.90. The maximum absolute atomic E-state index is 9.62. The number of rotatable bonds is 0. The standard InChI is InChI=1S/C9H7ClOS/c1-5-2-3-6-4-7(10)12-9(6)8(5)11/h2-4,11H,1H3. The van der Waals surface area contributed by atoms with Crippen molar-refractivity contribution in [1.82, 2.24) is 0 Å². The number of aromatic hydroxyl groups is 1. The van der Waals surface area contributed by atoms with Gasteiger partial charge in [-0.1, -0.05) is 23.7 Å². The summed E-state index contributed by atoms with van der Waals surface area (Å²) in [5.74, 6) is 0.351. The van der Waals surface area contributed by atoms with Gasteiger partial charge in [0.05, 0.1) is 9.04 Å². The van der Waals surface area contributed by atoms with Crippen molar-refractivity contribution in [3.05, 3.63) is 28.1 Å². The Bertz CT molecular complexity index is 433. The molecule has 12 heavy (non-hydrogen) atoms. The summed E-state index contributed by atoms with van der Waals surface area (Å²) in [6.45, 7) is 1.88. The van der Waals surface area contributed by atoms with Crippen LogP contribution in [0.4, 0.5) is 0 Å². The Hall–Kier alpha value is -0.730. The average molecular weight is 199 g/mol. The monoisotopic (exact) mass is 198 g/mol. The summed E-state index contributed by atoms with van der Waals surface area (Å²) in [4.78, 5) is 0. The number of thiophene rings is 1. The minimum absolute atomic E-state index is 0.351. The van der Waals surface area contributed by atoms with E-state index in [1.807, 2.05) is 25.1 Å². The van der Waals surface area contributed by atoms with Gasteiger partial charge in [0.25, 0.3) is 0 Å². The van der Waals surface area contributed by atoms with Gasteiger partial charge in [-0.15, -0.1) is 11.3 Å². The molecule has 0 spiro atoms. The van der Waals surface area contributed by atoms with E-state index in [-0.39, 0.29) is 0 Å². The lowest BCUT2D eigenvalue weighted by molar-refractivity contribution is 0.478. The van der Waals surface area contributed by atoms with Gasteiger partial charge in [-0.2, -0.15) is 0 Å². The Morgan fingerprint density at radius 1 is 1.42 bits per heavy atom. The maximum atomic E-state index is 9.62. The number of phenols is 1. The highest BCUT2D eigenvalue weighted by atomic mass is 35.5. The van der Waals surface area contributed by atoms with E-state index in [1.165, 1.54) is 11.3 Å². The lowest BCUT2D eigenvalue weighted by Crippen LogP contribution is -1.72. The molecule has 0 aliphatic rings. The van der Waals surface area contributed by atoms with E-state index in [9.17, 15) is 5.11 Å².